The largest absolute Gasteiger partial charge is 0.468 e. The van der Waals surface area contributed by atoms with E-state index in [1.165, 1.54) is 5.56 Å². The number of rotatable bonds is 2. The van der Waals surface area contributed by atoms with Crippen molar-refractivity contribution in [2.24, 2.45) is 0 Å². The van der Waals surface area contributed by atoms with Crippen LogP contribution in [0.15, 0.2) is 47.1 Å². The maximum Gasteiger partial charge on any atom is 0.123 e. The van der Waals surface area contributed by atoms with Crippen molar-refractivity contribution in [2.75, 3.05) is 0 Å². The monoisotopic (exact) mass is 196 g/mol. The lowest BCUT2D eigenvalue weighted by molar-refractivity contribution is 0.510. The first kappa shape index (κ1) is 9.61. The minimum Gasteiger partial charge on any atom is -0.468 e. The lowest BCUT2D eigenvalue weighted by Gasteiger charge is -2.08. The Morgan fingerprint density at radius 3 is 2.47 bits per heavy atom. The highest BCUT2D eigenvalue weighted by molar-refractivity contribution is 5.36. The van der Waals surface area contributed by atoms with E-state index in [1.807, 2.05) is 24.3 Å². The molecule has 0 saturated heterocycles. The van der Waals surface area contributed by atoms with Crippen molar-refractivity contribution in [1.82, 2.24) is 0 Å². The summed E-state index contributed by atoms with van der Waals surface area (Å²) in [6, 6.07) is 12.0. The van der Waals surface area contributed by atoms with Crippen molar-refractivity contribution < 1.29 is 4.42 Å². The molecule has 0 aliphatic carbocycles. The first-order valence-corrected chi connectivity index (χ1v) is 4.87. The Morgan fingerprint density at radius 1 is 1.20 bits per heavy atom. The quantitative estimate of drug-likeness (QED) is 0.671. The van der Waals surface area contributed by atoms with Gasteiger partial charge in [0.15, 0.2) is 0 Å². The number of terminal acetylenes is 1. The zero-order valence-electron chi connectivity index (χ0n) is 8.60. The molecule has 74 valence electrons. The van der Waals surface area contributed by atoms with E-state index in [2.05, 4.69) is 25.0 Å². The summed E-state index contributed by atoms with van der Waals surface area (Å²) in [5, 5.41) is 0. The Kier molecular flexibility index (Phi) is 2.60. The van der Waals surface area contributed by atoms with Gasteiger partial charge in [0.2, 0.25) is 0 Å². The molecule has 0 spiro atoms. The Balaban J connectivity index is 2.37. The summed E-state index contributed by atoms with van der Waals surface area (Å²) >= 11 is 0. The molecule has 1 aromatic heterocycles. The van der Waals surface area contributed by atoms with Crippen molar-refractivity contribution in [3.05, 3.63) is 59.5 Å². The molecule has 0 radical (unpaired) electrons. The number of hydrogen-bond acceptors (Lipinski definition) is 1. The molecule has 1 aromatic carbocycles. The summed E-state index contributed by atoms with van der Waals surface area (Å²) in [5.74, 6) is 3.48. The van der Waals surface area contributed by atoms with Gasteiger partial charge in [-0.2, -0.15) is 0 Å². The van der Waals surface area contributed by atoms with Gasteiger partial charge in [0.25, 0.3) is 0 Å². The van der Waals surface area contributed by atoms with E-state index in [1.54, 1.807) is 6.26 Å². The predicted octanol–water partition coefficient (Wildman–Crippen LogP) is 3.35. The van der Waals surface area contributed by atoms with Gasteiger partial charge in [-0.25, -0.2) is 0 Å². The van der Waals surface area contributed by atoms with Crippen LogP contribution in [-0.4, -0.2) is 0 Å². The lowest BCUT2D eigenvalue weighted by atomic mass is 9.97. The van der Waals surface area contributed by atoms with E-state index >= 15 is 0 Å². The standard InChI is InChI=1S/C14H12O/c1-3-13(14-5-4-10-15-14)12-8-6-11(2)7-9-12/h1,4-10,13H,2H3. The molecule has 0 aliphatic heterocycles. The lowest BCUT2D eigenvalue weighted by Crippen LogP contribution is -1.96. The van der Waals surface area contributed by atoms with Crippen LogP contribution in [0.1, 0.15) is 22.8 Å². The molecule has 1 atom stereocenters. The van der Waals surface area contributed by atoms with Crippen molar-refractivity contribution in [3.63, 3.8) is 0 Å². The van der Waals surface area contributed by atoms with Gasteiger partial charge in [0.1, 0.15) is 11.7 Å². The van der Waals surface area contributed by atoms with Gasteiger partial charge in [-0.1, -0.05) is 35.7 Å². The van der Waals surface area contributed by atoms with Crippen LogP contribution in [0.2, 0.25) is 0 Å². The van der Waals surface area contributed by atoms with Gasteiger partial charge in [-0.15, -0.1) is 6.42 Å². The van der Waals surface area contributed by atoms with Crippen LogP contribution in [0.4, 0.5) is 0 Å². The molecule has 0 saturated carbocycles. The molecule has 0 amide bonds. The van der Waals surface area contributed by atoms with Crippen LogP contribution in [0.5, 0.6) is 0 Å². The Labute approximate surface area is 89.7 Å². The predicted molar refractivity (Wildman–Crippen MR) is 60.6 cm³/mol. The SMILES string of the molecule is C#CC(c1ccc(C)cc1)c1ccco1. The van der Waals surface area contributed by atoms with Crippen LogP contribution in [0, 0.1) is 19.3 Å². The highest BCUT2D eigenvalue weighted by atomic mass is 16.3. The third-order valence-corrected chi connectivity index (χ3v) is 2.41. The highest BCUT2D eigenvalue weighted by Gasteiger charge is 2.13. The van der Waals surface area contributed by atoms with E-state index in [0.29, 0.717) is 0 Å². The van der Waals surface area contributed by atoms with Crippen molar-refractivity contribution >= 4 is 0 Å². The Bertz CT molecular complexity index is 457. The molecule has 0 N–H and O–H groups in total. The smallest absolute Gasteiger partial charge is 0.123 e. The fraction of sp³-hybridized carbons (Fsp3) is 0.143. The van der Waals surface area contributed by atoms with Gasteiger partial charge in [-0.3, -0.25) is 0 Å². The molecular formula is C14H12O. The fourth-order valence-electron chi connectivity index (χ4n) is 1.56. The second-order valence-electron chi connectivity index (χ2n) is 3.53. The molecule has 1 heteroatoms. The van der Waals surface area contributed by atoms with Crippen molar-refractivity contribution in [1.29, 1.82) is 0 Å². The minimum atomic E-state index is -0.0828. The van der Waals surface area contributed by atoms with Crippen molar-refractivity contribution in [2.45, 2.75) is 12.8 Å². The van der Waals surface area contributed by atoms with Gasteiger partial charge in [0.05, 0.1) is 6.26 Å². The number of benzene rings is 1. The van der Waals surface area contributed by atoms with E-state index in [0.717, 1.165) is 11.3 Å². The zero-order valence-corrected chi connectivity index (χ0v) is 8.60. The first-order chi connectivity index (χ1) is 7.31. The minimum absolute atomic E-state index is 0.0828. The van der Waals surface area contributed by atoms with E-state index in [9.17, 15) is 0 Å². The molecule has 0 aliphatic rings. The van der Waals surface area contributed by atoms with Gasteiger partial charge in [-0.05, 0) is 24.6 Å². The molecule has 2 aromatic rings. The summed E-state index contributed by atoms with van der Waals surface area (Å²) in [5.41, 5.74) is 2.33. The number of hydrogen-bond donors (Lipinski definition) is 0. The third-order valence-electron chi connectivity index (χ3n) is 2.41. The van der Waals surface area contributed by atoms with E-state index in [4.69, 9.17) is 10.8 Å². The topological polar surface area (TPSA) is 13.1 Å². The van der Waals surface area contributed by atoms with Crippen LogP contribution in [-0.2, 0) is 0 Å². The molecule has 0 fully saturated rings. The average molecular weight is 196 g/mol. The normalized spacial score (nSPS) is 12.0. The molecule has 0 bridgehead atoms. The van der Waals surface area contributed by atoms with Crippen LogP contribution in [0.25, 0.3) is 0 Å². The maximum atomic E-state index is 5.52. The summed E-state index contributed by atoms with van der Waals surface area (Å²) in [6.45, 7) is 2.06. The van der Waals surface area contributed by atoms with Gasteiger partial charge >= 0.3 is 0 Å². The van der Waals surface area contributed by atoms with Crippen LogP contribution >= 0.6 is 0 Å². The summed E-state index contributed by atoms with van der Waals surface area (Å²) in [6.07, 6.45) is 7.17. The molecule has 2 rings (SSSR count). The van der Waals surface area contributed by atoms with Gasteiger partial charge < -0.3 is 4.42 Å². The second-order valence-corrected chi connectivity index (χ2v) is 3.53. The van der Waals surface area contributed by atoms with E-state index < -0.39 is 0 Å². The molecular weight excluding hydrogens is 184 g/mol. The fourth-order valence-corrected chi connectivity index (χ4v) is 1.56. The van der Waals surface area contributed by atoms with Crippen LogP contribution < -0.4 is 0 Å². The van der Waals surface area contributed by atoms with E-state index in [-0.39, 0.29) is 5.92 Å². The summed E-state index contributed by atoms with van der Waals surface area (Å²) < 4.78 is 5.33. The molecule has 1 heterocycles. The number of aryl methyl sites for hydroxylation is 1. The zero-order chi connectivity index (χ0) is 10.7. The molecule has 1 unspecified atom stereocenters. The highest BCUT2D eigenvalue weighted by Crippen LogP contribution is 2.24. The maximum absolute atomic E-state index is 5.52. The third kappa shape index (κ3) is 1.94. The van der Waals surface area contributed by atoms with Crippen LogP contribution in [0.3, 0.4) is 0 Å². The first-order valence-electron chi connectivity index (χ1n) is 4.87. The summed E-state index contributed by atoms with van der Waals surface area (Å²) in [4.78, 5) is 0. The summed E-state index contributed by atoms with van der Waals surface area (Å²) in [7, 11) is 0. The average Bonchev–Trinajstić information content (AvgIpc) is 2.75. The van der Waals surface area contributed by atoms with Gasteiger partial charge in [0, 0.05) is 0 Å². The molecule has 1 nitrogen and oxygen atoms in total. The Hall–Kier alpha value is -1.94. The second kappa shape index (κ2) is 4.06. The Morgan fingerprint density at radius 2 is 1.93 bits per heavy atom. The van der Waals surface area contributed by atoms with Crippen molar-refractivity contribution in [3.8, 4) is 12.3 Å². The molecule has 15 heavy (non-hydrogen) atoms. The number of furan rings is 1.